The summed E-state index contributed by atoms with van der Waals surface area (Å²) in [6.07, 6.45) is 0. The maximum absolute atomic E-state index is 14.6. The Morgan fingerprint density at radius 1 is 0.708 bits per heavy atom. The summed E-state index contributed by atoms with van der Waals surface area (Å²) in [6.45, 7) is 3.56. The summed E-state index contributed by atoms with van der Waals surface area (Å²) < 4.78 is 58.6. The Morgan fingerprint density at radius 2 is 1.27 bits per heavy atom. The molecule has 0 atom stereocenters. The maximum atomic E-state index is 14.6. The fourth-order valence-electron chi connectivity index (χ4n) is 4.82. The van der Waals surface area contributed by atoms with Crippen molar-refractivity contribution in [3.05, 3.63) is 134 Å². The van der Waals surface area contributed by atoms with Crippen LogP contribution in [-0.4, -0.2) is 27.7 Å². The molecule has 0 aliphatic heterocycles. The van der Waals surface area contributed by atoms with Crippen LogP contribution in [-0.2, 0) is 20.0 Å². The zero-order valence-electron chi connectivity index (χ0n) is 25.1. The number of hydrogen-bond donors (Lipinski definition) is 1. The molecule has 6 aromatic rings. The van der Waals surface area contributed by atoms with Crippen molar-refractivity contribution in [2.24, 2.45) is 0 Å². The van der Waals surface area contributed by atoms with Crippen LogP contribution in [0.1, 0.15) is 20.8 Å². The van der Waals surface area contributed by atoms with Crippen LogP contribution in [0.15, 0.2) is 113 Å². The van der Waals surface area contributed by atoms with Crippen LogP contribution < -0.4 is 9.03 Å². The summed E-state index contributed by atoms with van der Waals surface area (Å²) in [4.78, 5) is 18.2. The molecule has 0 aliphatic rings. The minimum atomic E-state index is -4.86. The molecule has 244 valence electrons. The Bertz CT molecular complexity index is 2340. The summed E-state index contributed by atoms with van der Waals surface area (Å²) in [5, 5.41) is 3.94. The molecule has 48 heavy (non-hydrogen) atoms. The smallest absolute Gasteiger partial charge is 0.277 e. The fourth-order valence-corrected chi connectivity index (χ4v) is 10.2. The molecular formula is C34H24Cl3N3O5S3. The van der Waals surface area contributed by atoms with Gasteiger partial charge in [-0.1, -0.05) is 76.3 Å². The van der Waals surface area contributed by atoms with E-state index in [1.807, 2.05) is 0 Å². The number of anilines is 2. The molecule has 2 heterocycles. The van der Waals surface area contributed by atoms with Gasteiger partial charge in [0.15, 0.2) is 0 Å². The lowest BCUT2D eigenvalue weighted by Gasteiger charge is -2.25. The topological polar surface area (TPSA) is 114 Å². The number of nitrogens with one attached hydrogen (secondary N) is 1. The Labute approximate surface area is 296 Å². The van der Waals surface area contributed by atoms with Crippen LogP contribution in [0.5, 0.6) is 0 Å². The summed E-state index contributed by atoms with van der Waals surface area (Å²) in [7, 11) is -9.72. The minimum absolute atomic E-state index is 0.122. The first-order chi connectivity index (χ1) is 22.8. The number of hydrogen-bond acceptors (Lipinski definition) is 7. The first kappa shape index (κ1) is 33.9. The van der Waals surface area contributed by atoms with Crippen molar-refractivity contribution >= 4 is 93.7 Å². The van der Waals surface area contributed by atoms with Crippen molar-refractivity contribution in [1.82, 2.24) is 4.98 Å². The second-order valence-corrected chi connectivity index (χ2v) is 16.8. The van der Waals surface area contributed by atoms with Crippen LogP contribution in [0.3, 0.4) is 0 Å². The standard InChI is InChI=1S/C34H24Cl3N3O5S3/c1-20-3-12-25(13-4-20)47(42,43)40(48(44,45)26-14-5-21(2)6-15-26)31-27-16-18-30(22-7-17-28(36)29(37)19-22)39-34(27)46-32(31)33(41)38-24-10-8-23(35)9-11-24/h3-19H,1-2H3,(H,38,41). The molecule has 8 nitrogen and oxygen atoms in total. The molecule has 0 aliphatic carbocycles. The van der Waals surface area contributed by atoms with Gasteiger partial charge in [-0.3, -0.25) is 4.79 Å². The highest BCUT2D eigenvalue weighted by molar-refractivity contribution is 8.10. The number of pyridine rings is 1. The van der Waals surface area contributed by atoms with Crippen molar-refractivity contribution < 1.29 is 21.6 Å². The Hall–Kier alpha value is -3.97. The van der Waals surface area contributed by atoms with Crippen LogP contribution in [0, 0.1) is 13.8 Å². The Kier molecular flexibility index (Phi) is 9.29. The number of rotatable bonds is 8. The molecule has 6 rings (SSSR count). The van der Waals surface area contributed by atoms with E-state index in [2.05, 4.69) is 5.32 Å². The number of sulfonamides is 2. The molecule has 4 aromatic carbocycles. The number of fused-ring (bicyclic) bond motifs is 1. The van der Waals surface area contributed by atoms with Crippen LogP contribution in [0.2, 0.25) is 15.1 Å². The predicted molar refractivity (Wildman–Crippen MR) is 194 cm³/mol. The molecule has 1 amide bonds. The van der Waals surface area contributed by atoms with Gasteiger partial charge in [0.25, 0.3) is 26.0 Å². The number of carbonyl (C=O) groups is 1. The minimum Gasteiger partial charge on any atom is -0.321 e. The van der Waals surface area contributed by atoms with E-state index in [0.717, 1.165) is 22.5 Å². The second kappa shape index (κ2) is 13.1. The molecule has 1 N–H and O–H groups in total. The molecule has 0 unspecified atom stereocenters. The summed E-state index contributed by atoms with van der Waals surface area (Å²) in [5.41, 5.74) is 2.56. The highest BCUT2D eigenvalue weighted by Gasteiger charge is 2.41. The predicted octanol–water partition coefficient (Wildman–Crippen LogP) is 9.38. The molecule has 0 spiro atoms. The van der Waals surface area contributed by atoms with Gasteiger partial charge in [0.05, 0.1) is 25.5 Å². The van der Waals surface area contributed by atoms with Gasteiger partial charge in [-0.15, -0.1) is 11.3 Å². The first-order valence-electron chi connectivity index (χ1n) is 14.2. The van der Waals surface area contributed by atoms with Gasteiger partial charge in [0, 0.05) is 21.7 Å². The monoisotopic (exact) mass is 755 g/mol. The zero-order chi connectivity index (χ0) is 34.4. The Balaban J connectivity index is 1.64. The van der Waals surface area contributed by atoms with E-state index >= 15 is 0 Å². The quantitative estimate of drug-likeness (QED) is 0.166. The van der Waals surface area contributed by atoms with Gasteiger partial charge in [-0.2, -0.15) is 3.71 Å². The van der Waals surface area contributed by atoms with Gasteiger partial charge in [-0.25, -0.2) is 21.8 Å². The van der Waals surface area contributed by atoms with E-state index in [4.69, 9.17) is 39.8 Å². The van der Waals surface area contributed by atoms with E-state index in [1.165, 1.54) is 30.3 Å². The van der Waals surface area contributed by atoms with Crippen molar-refractivity contribution in [3.63, 3.8) is 0 Å². The SMILES string of the molecule is Cc1ccc(S(=O)(=O)N(c2c(C(=O)Nc3ccc(Cl)cc3)sc3nc(-c4ccc(Cl)c(Cl)c4)ccc23)S(=O)(=O)c2ccc(C)cc2)cc1. The van der Waals surface area contributed by atoms with E-state index in [0.29, 0.717) is 35.7 Å². The second-order valence-electron chi connectivity index (χ2n) is 10.8. The molecule has 0 saturated heterocycles. The lowest BCUT2D eigenvalue weighted by Crippen LogP contribution is -2.38. The average Bonchev–Trinajstić information content (AvgIpc) is 3.42. The van der Waals surface area contributed by atoms with Crippen LogP contribution in [0.25, 0.3) is 21.5 Å². The van der Waals surface area contributed by atoms with Crippen molar-refractivity contribution in [1.29, 1.82) is 0 Å². The zero-order valence-corrected chi connectivity index (χ0v) is 29.8. The highest BCUT2D eigenvalue weighted by atomic mass is 35.5. The fraction of sp³-hybridized carbons (Fsp3) is 0.0588. The van der Waals surface area contributed by atoms with Gasteiger partial charge >= 0.3 is 0 Å². The lowest BCUT2D eigenvalue weighted by molar-refractivity contribution is 0.103. The van der Waals surface area contributed by atoms with Gasteiger partial charge in [0.2, 0.25) is 0 Å². The first-order valence-corrected chi connectivity index (χ1v) is 19.0. The third kappa shape index (κ3) is 6.54. The normalized spacial score (nSPS) is 11.9. The van der Waals surface area contributed by atoms with Crippen molar-refractivity contribution in [3.8, 4) is 11.3 Å². The average molecular weight is 757 g/mol. The number of thiophene rings is 1. The molecular weight excluding hydrogens is 733 g/mol. The highest BCUT2D eigenvalue weighted by Crippen LogP contribution is 2.44. The van der Waals surface area contributed by atoms with E-state index in [9.17, 15) is 21.6 Å². The number of halogens is 3. The van der Waals surface area contributed by atoms with Gasteiger partial charge < -0.3 is 5.32 Å². The van der Waals surface area contributed by atoms with E-state index in [-0.39, 0.29) is 30.6 Å². The number of aryl methyl sites for hydroxylation is 2. The van der Waals surface area contributed by atoms with Crippen molar-refractivity contribution in [2.75, 3.05) is 9.03 Å². The van der Waals surface area contributed by atoms with Gasteiger partial charge in [-0.05, 0) is 86.6 Å². The van der Waals surface area contributed by atoms with Gasteiger partial charge in [0.1, 0.15) is 15.4 Å². The molecule has 0 bridgehead atoms. The molecule has 14 heteroatoms. The molecule has 0 saturated carbocycles. The number of amides is 1. The molecule has 2 aromatic heterocycles. The lowest BCUT2D eigenvalue weighted by atomic mass is 10.1. The number of benzene rings is 4. The number of carbonyl (C=O) groups excluding carboxylic acids is 1. The Morgan fingerprint density at radius 3 is 1.81 bits per heavy atom. The van der Waals surface area contributed by atoms with E-state index < -0.39 is 26.0 Å². The third-order valence-electron chi connectivity index (χ3n) is 7.31. The van der Waals surface area contributed by atoms with Crippen LogP contribution in [0.4, 0.5) is 11.4 Å². The van der Waals surface area contributed by atoms with E-state index in [1.54, 1.807) is 86.6 Å². The largest absolute Gasteiger partial charge is 0.321 e. The molecule has 0 fully saturated rings. The maximum Gasteiger partial charge on any atom is 0.277 e. The number of nitrogens with zero attached hydrogens (tertiary/aromatic N) is 2. The summed E-state index contributed by atoms with van der Waals surface area (Å²) in [6, 6.07) is 25.9. The summed E-state index contributed by atoms with van der Waals surface area (Å²) in [5.74, 6) is -0.755. The third-order valence-corrected chi connectivity index (χ3v) is 13.5. The molecule has 0 radical (unpaired) electrons. The van der Waals surface area contributed by atoms with Crippen LogP contribution >= 0.6 is 46.1 Å². The summed E-state index contributed by atoms with van der Waals surface area (Å²) >= 11 is 19.3. The van der Waals surface area contributed by atoms with Crippen molar-refractivity contribution in [2.45, 2.75) is 23.6 Å². The number of aromatic nitrogens is 1.